The second-order valence-electron chi connectivity index (χ2n) is 5.74. The molecule has 0 fully saturated rings. The Kier molecular flexibility index (Phi) is 4.15. The Balaban J connectivity index is 1.78. The molecule has 3 rings (SSSR count). The van der Waals surface area contributed by atoms with Gasteiger partial charge in [0.15, 0.2) is 0 Å². The molecule has 2 amide bonds. The number of fused-ring (bicyclic) bond motifs is 1. The van der Waals surface area contributed by atoms with Crippen molar-refractivity contribution in [1.82, 2.24) is 0 Å². The maximum Gasteiger partial charge on any atom is 0.231 e. The van der Waals surface area contributed by atoms with Crippen LogP contribution in [0.15, 0.2) is 48.5 Å². The number of hydrogen-bond acceptors (Lipinski definition) is 2. The summed E-state index contributed by atoms with van der Waals surface area (Å²) in [6, 6.07) is 15.5. The lowest BCUT2D eigenvalue weighted by Crippen LogP contribution is -2.31. The SMILES string of the molecule is CCN(C(=O)Cc1ccc2c(c1)CC(=O)N2C)c1ccccc1. The van der Waals surface area contributed by atoms with Crippen LogP contribution < -0.4 is 9.80 Å². The molecule has 0 bridgehead atoms. The fourth-order valence-corrected chi connectivity index (χ4v) is 3.01. The molecule has 1 aliphatic heterocycles. The number of amides is 2. The summed E-state index contributed by atoms with van der Waals surface area (Å²) in [6.45, 7) is 2.61. The second-order valence-corrected chi connectivity index (χ2v) is 5.74. The summed E-state index contributed by atoms with van der Waals surface area (Å²) >= 11 is 0. The highest BCUT2D eigenvalue weighted by Gasteiger charge is 2.24. The van der Waals surface area contributed by atoms with Gasteiger partial charge >= 0.3 is 0 Å². The molecular weight excluding hydrogens is 288 g/mol. The van der Waals surface area contributed by atoms with Crippen molar-refractivity contribution in [2.75, 3.05) is 23.4 Å². The molecule has 4 nitrogen and oxygen atoms in total. The first-order chi connectivity index (χ1) is 11.1. The first kappa shape index (κ1) is 15.3. The van der Waals surface area contributed by atoms with Gasteiger partial charge < -0.3 is 9.80 Å². The van der Waals surface area contributed by atoms with Crippen molar-refractivity contribution in [3.63, 3.8) is 0 Å². The number of benzene rings is 2. The zero-order valence-electron chi connectivity index (χ0n) is 13.5. The van der Waals surface area contributed by atoms with Crippen molar-refractivity contribution in [3.8, 4) is 0 Å². The summed E-state index contributed by atoms with van der Waals surface area (Å²) in [7, 11) is 1.78. The van der Waals surface area contributed by atoms with Gasteiger partial charge in [-0.25, -0.2) is 0 Å². The maximum atomic E-state index is 12.6. The average molecular weight is 308 g/mol. The van der Waals surface area contributed by atoms with E-state index in [0.29, 0.717) is 19.4 Å². The smallest absolute Gasteiger partial charge is 0.231 e. The summed E-state index contributed by atoms with van der Waals surface area (Å²) < 4.78 is 0. The average Bonchev–Trinajstić information content (AvgIpc) is 2.83. The molecule has 118 valence electrons. The molecule has 0 radical (unpaired) electrons. The van der Waals surface area contributed by atoms with Crippen LogP contribution >= 0.6 is 0 Å². The Labute approximate surface area is 136 Å². The summed E-state index contributed by atoms with van der Waals surface area (Å²) in [5, 5.41) is 0. The molecular formula is C19H20N2O2. The van der Waals surface area contributed by atoms with Gasteiger partial charge in [-0.1, -0.05) is 30.3 Å². The number of carbonyl (C=O) groups is 2. The largest absolute Gasteiger partial charge is 0.315 e. The number of likely N-dealkylation sites (N-methyl/N-ethyl adjacent to an activating group) is 2. The summed E-state index contributed by atoms with van der Waals surface area (Å²) in [5.74, 6) is 0.166. The molecule has 0 aliphatic carbocycles. The number of rotatable bonds is 4. The van der Waals surface area contributed by atoms with Gasteiger partial charge in [0.1, 0.15) is 0 Å². The van der Waals surface area contributed by atoms with Gasteiger partial charge in [0, 0.05) is 25.0 Å². The standard InChI is InChI=1S/C19H20N2O2/c1-3-21(16-7-5-4-6-8-16)19(23)12-14-9-10-17-15(11-14)13-18(22)20(17)2/h4-11H,3,12-13H2,1-2H3. The van der Waals surface area contributed by atoms with Gasteiger partial charge in [-0.05, 0) is 36.2 Å². The Bertz CT molecular complexity index is 740. The van der Waals surface area contributed by atoms with Crippen LogP contribution in [0, 0.1) is 0 Å². The summed E-state index contributed by atoms with van der Waals surface area (Å²) in [5.41, 5.74) is 3.81. The van der Waals surface area contributed by atoms with Crippen molar-refractivity contribution in [2.45, 2.75) is 19.8 Å². The molecule has 1 heterocycles. The fourth-order valence-electron chi connectivity index (χ4n) is 3.01. The fraction of sp³-hybridized carbons (Fsp3) is 0.263. The Morgan fingerprint density at radius 1 is 1.17 bits per heavy atom. The summed E-state index contributed by atoms with van der Waals surface area (Å²) in [4.78, 5) is 27.8. The zero-order valence-corrected chi connectivity index (χ0v) is 13.5. The minimum absolute atomic E-state index is 0.0660. The lowest BCUT2D eigenvalue weighted by atomic mass is 10.1. The highest BCUT2D eigenvalue weighted by molar-refractivity contribution is 6.01. The van der Waals surface area contributed by atoms with Gasteiger partial charge in [0.25, 0.3) is 0 Å². The minimum atomic E-state index is 0.0660. The third kappa shape index (κ3) is 2.97. The third-order valence-corrected chi connectivity index (χ3v) is 4.26. The molecule has 2 aromatic rings. The van der Waals surface area contributed by atoms with E-state index in [1.807, 2.05) is 55.5 Å². The van der Waals surface area contributed by atoms with E-state index in [2.05, 4.69) is 0 Å². The van der Waals surface area contributed by atoms with Crippen LogP contribution in [0.3, 0.4) is 0 Å². The van der Waals surface area contributed by atoms with Gasteiger partial charge in [0.05, 0.1) is 12.8 Å². The van der Waals surface area contributed by atoms with Crippen LogP contribution in [-0.2, 0) is 22.4 Å². The molecule has 23 heavy (non-hydrogen) atoms. The van der Waals surface area contributed by atoms with E-state index in [1.54, 1.807) is 16.8 Å². The Morgan fingerprint density at radius 2 is 1.91 bits per heavy atom. The zero-order chi connectivity index (χ0) is 16.4. The molecule has 0 saturated carbocycles. The topological polar surface area (TPSA) is 40.6 Å². The molecule has 1 aliphatic rings. The molecule has 0 unspecified atom stereocenters. The quantitative estimate of drug-likeness (QED) is 0.871. The molecule has 4 heteroatoms. The number of hydrogen-bond donors (Lipinski definition) is 0. The predicted octanol–water partition coefficient (Wildman–Crippen LogP) is 2.80. The van der Waals surface area contributed by atoms with E-state index >= 15 is 0 Å². The van der Waals surface area contributed by atoms with Gasteiger partial charge in [-0.3, -0.25) is 9.59 Å². The van der Waals surface area contributed by atoms with Crippen molar-refractivity contribution < 1.29 is 9.59 Å². The van der Waals surface area contributed by atoms with Gasteiger partial charge in [-0.15, -0.1) is 0 Å². The van der Waals surface area contributed by atoms with Crippen LogP contribution in [0.2, 0.25) is 0 Å². The highest BCUT2D eigenvalue weighted by atomic mass is 16.2. The van der Waals surface area contributed by atoms with Crippen molar-refractivity contribution in [3.05, 3.63) is 59.7 Å². The Hall–Kier alpha value is -2.62. The summed E-state index contributed by atoms with van der Waals surface area (Å²) in [6.07, 6.45) is 0.762. The van der Waals surface area contributed by atoms with Crippen molar-refractivity contribution >= 4 is 23.2 Å². The molecule has 0 atom stereocenters. The van der Waals surface area contributed by atoms with Crippen LogP contribution in [0.4, 0.5) is 11.4 Å². The van der Waals surface area contributed by atoms with Crippen LogP contribution in [0.1, 0.15) is 18.1 Å². The van der Waals surface area contributed by atoms with Gasteiger partial charge in [-0.2, -0.15) is 0 Å². The first-order valence-electron chi connectivity index (χ1n) is 7.84. The van der Waals surface area contributed by atoms with Gasteiger partial charge in [0.2, 0.25) is 11.8 Å². The number of nitrogens with zero attached hydrogens (tertiary/aromatic N) is 2. The van der Waals surface area contributed by atoms with E-state index in [4.69, 9.17) is 0 Å². The molecule has 2 aromatic carbocycles. The normalized spacial score (nSPS) is 13.1. The minimum Gasteiger partial charge on any atom is -0.315 e. The van der Waals surface area contributed by atoms with Crippen molar-refractivity contribution in [1.29, 1.82) is 0 Å². The van der Waals surface area contributed by atoms with E-state index in [9.17, 15) is 9.59 Å². The van der Waals surface area contributed by atoms with E-state index in [-0.39, 0.29) is 11.8 Å². The first-order valence-corrected chi connectivity index (χ1v) is 7.84. The van der Waals surface area contributed by atoms with Crippen LogP contribution in [-0.4, -0.2) is 25.4 Å². The number of anilines is 2. The monoisotopic (exact) mass is 308 g/mol. The maximum absolute atomic E-state index is 12.6. The third-order valence-electron chi connectivity index (χ3n) is 4.26. The molecule has 0 spiro atoms. The second kappa shape index (κ2) is 6.24. The van der Waals surface area contributed by atoms with Crippen LogP contribution in [0.25, 0.3) is 0 Å². The number of carbonyl (C=O) groups excluding carboxylic acids is 2. The molecule has 0 saturated heterocycles. The number of para-hydroxylation sites is 1. The van der Waals surface area contributed by atoms with Crippen LogP contribution in [0.5, 0.6) is 0 Å². The Morgan fingerprint density at radius 3 is 2.61 bits per heavy atom. The van der Waals surface area contributed by atoms with Crippen molar-refractivity contribution in [2.24, 2.45) is 0 Å². The molecule has 0 aromatic heterocycles. The predicted molar refractivity (Wildman–Crippen MR) is 91.7 cm³/mol. The lowest BCUT2D eigenvalue weighted by molar-refractivity contribution is -0.118. The lowest BCUT2D eigenvalue weighted by Gasteiger charge is -2.21. The van der Waals surface area contributed by atoms with E-state index in [0.717, 1.165) is 22.5 Å². The van der Waals surface area contributed by atoms with E-state index in [1.165, 1.54) is 0 Å². The molecule has 0 N–H and O–H groups in total. The van der Waals surface area contributed by atoms with E-state index < -0.39 is 0 Å². The highest BCUT2D eigenvalue weighted by Crippen LogP contribution is 2.28.